The van der Waals surface area contributed by atoms with E-state index in [1.807, 2.05) is 24.3 Å². The number of halogens is 1. The summed E-state index contributed by atoms with van der Waals surface area (Å²) in [4.78, 5) is 0. The van der Waals surface area contributed by atoms with Gasteiger partial charge in [-0.2, -0.15) is 0 Å². The first kappa shape index (κ1) is 12.8. The third-order valence-corrected chi connectivity index (χ3v) is 3.03. The number of hydrogen-bond donors (Lipinski definition) is 1. The van der Waals surface area contributed by atoms with Crippen LogP contribution in [-0.2, 0) is 0 Å². The predicted molar refractivity (Wildman–Crippen MR) is 78.8 cm³/mol. The highest BCUT2D eigenvalue weighted by atomic mass is 35.5. The molecule has 1 radical (unpaired) electrons. The fourth-order valence-electron chi connectivity index (χ4n) is 1.76. The van der Waals surface area contributed by atoms with Gasteiger partial charge in [-0.1, -0.05) is 60.2 Å². The molecule has 0 heterocycles. The number of allylic oxidation sites excluding steroid dienone is 5. The van der Waals surface area contributed by atoms with Crippen molar-refractivity contribution in [3.8, 4) is 0 Å². The Morgan fingerprint density at radius 2 is 2.00 bits per heavy atom. The quantitative estimate of drug-likeness (QED) is 0.803. The van der Waals surface area contributed by atoms with Gasteiger partial charge in [0.2, 0.25) is 0 Å². The number of rotatable bonds is 4. The smallest absolute Gasteiger partial charge is 0.0456 e. The van der Waals surface area contributed by atoms with E-state index in [1.165, 1.54) is 5.56 Å². The molecule has 0 saturated heterocycles. The molecule has 0 aliphatic heterocycles. The zero-order valence-electron chi connectivity index (χ0n) is 10.1. The third-order valence-electron chi connectivity index (χ3n) is 2.70. The lowest BCUT2D eigenvalue weighted by Gasteiger charge is -2.09. The van der Waals surface area contributed by atoms with Gasteiger partial charge in [0.25, 0.3) is 0 Å². The fraction of sp³-hybridized carbons (Fsp3) is 0.125. The molecule has 1 N–H and O–H groups in total. The molecule has 18 heavy (non-hydrogen) atoms. The first-order valence-corrected chi connectivity index (χ1v) is 6.33. The highest BCUT2D eigenvalue weighted by Crippen LogP contribution is 2.24. The molecule has 1 nitrogen and oxygen atoms in total. The summed E-state index contributed by atoms with van der Waals surface area (Å²) in [7, 11) is 0. The van der Waals surface area contributed by atoms with E-state index in [0.717, 1.165) is 12.0 Å². The van der Waals surface area contributed by atoms with Crippen LogP contribution in [0.1, 0.15) is 18.4 Å². The van der Waals surface area contributed by atoms with Gasteiger partial charge in [-0.05, 0) is 30.1 Å². The average molecular weight is 257 g/mol. The van der Waals surface area contributed by atoms with Gasteiger partial charge in [-0.15, -0.1) is 0 Å². The molecule has 0 amide bonds. The zero-order valence-corrected chi connectivity index (χ0v) is 10.8. The van der Waals surface area contributed by atoms with Crippen molar-refractivity contribution in [1.29, 1.82) is 5.41 Å². The van der Waals surface area contributed by atoms with Crippen LogP contribution in [0.2, 0.25) is 0 Å². The summed E-state index contributed by atoms with van der Waals surface area (Å²) in [5.41, 5.74) is 2.80. The standard InChI is InChI=1S/C16H15ClN/c17-16-12-15(18)11-10-14(16)9-5-4-8-13-6-2-1-3-7-13/h1-4,6-10,12,18H,5,11H2. The normalized spacial score (nSPS) is 15.7. The first-order valence-electron chi connectivity index (χ1n) is 5.95. The highest BCUT2D eigenvalue weighted by molar-refractivity contribution is 6.34. The summed E-state index contributed by atoms with van der Waals surface area (Å²) >= 11 is 6.07. The van der Waals surface area contributed by atoms with Crippen LogP contribution in [0.15, 0.2) is 59.2 Å². The van der Waals surface area contributed by atoms with Crippen molar-refractivity contribution in [2.75, 3.05) is 0 Å². The second kappa shape index (κ2) is 6.36. The van der Waals surface area contributed by atoms with Crippen LogP contribution in [0.3, 0.4) is 0 Å². The molecule has 0 saturated carbocycles. The zero-order chi connectivity index (χ0) is 12.8. The first-order chi connectivity index (χ1) is 8.75. The van der Waals surface area contributed by atoms with E-state index >= 15 is 0 Å². The third kappa shape index (κ3) is 3.71. The summed E-state index contributed by atoms with van der Waals surface area (Å²) in [6.45, 7) is 0. The summed E-state index contributed by atoms with van der Waals surface area (Å²) < 4.78 is 0. The van der Waals surface area contributed by atoms with Crippen molar-refractivity contribution in [2.24, 2.45) is 0 Å². The maximum Gasteiger partial charge on any atom is 0.0456 e. The Balaban J connectivity index is 1.85. The molecular formula is C16H15ClN. The van der Waals surface area contributed by atoms with Crippen LogP contribution in [0.5, 0.6) is 0 Å². The summed E-state index contributed by atoms with van der Waals surface area (Å²) in [5.74, 6) is 0. The van der Waals surface area contributed by atoms with Crippen molar-refractivity contribution in [3.63, 3.8) is 0 Å². The molecule has 2 rings (SSSR count). The molecule has 0 spiro atoms. The van der Waals surface area contributed by atoms with Crippen molar-refractivity contribution < 1.29 is 0 Å². The molecule has 1 aromatic rings. The molecule has 1 aromatic carbocycles. The van der Waals surface area contributed by atoms with E-state index in [1.54, 1.807) is 6.08 Å². The Morgan fingerprint density at radius 3 is 2.72 bits per heavy atom. The average Bonchev–Trinajstić information content (AvgIpc) is 2.38. The lowest BCUT2D eigenvalue weighted by molar-refractivity contribution is 1.21. The SMILES string of the molecule is N=C1C=C(Cl)C([CH]CC=Cc2ccccc2)=CC1. The second-order valence-electron chi connectivity index (χ2n) is 4.13. The molecule has 0 bridgehead atoms. The van der Waals surface area contributed by atoms with Crippen molar-refractivity contribution >= 4 is 23.4 Å². The Bertz CT molecular complexity index is 509. The highest BCUT2D eigenvalue weighted by Gasteiger charge is 2.08. The van der Waals surface area contributed by atoms with E-state index in [4.69, 9.17) is 17.0 Å². The van der Waals surface area contributed by atoms with Gasteiger partial charge in [0, 0.05) is 17.2 Å². The van der Waals surface area contributed by atoms with Gasteiger partial charge in [0.15, 0.2) is 0 Å². The summed E-state index contributed by atoms with van der Waals surface area (Å²) in [6.07, 6.45) is 11.5. The van der Waals surface area contributed by atoms with Crippen LogP contribution in [0.25, 0.3) is 6.08 Å². The molecule has 0 aromatic heterocycles. The second-order valence-corrected chi connectivity index (χ2v) is 4.54. The lowest BCUT2D eigenvalue weighted by Crippen LogP contribution is -1.99. The van der Waals surface area contributed by atoms with Gasteiger partial charge in [-0.3, -0.25) is 0 Å². The van der Waals surface area contributed by atoms with E-state index in [0.29, 0.717) is 17.2 Å². The Kier molecular flexibility index (Phi) is 4.54. The molecule has 91 valence electrons. The van der Waals surface area contributed by atoms with Crippen LogP contribution in [0, 0.1) is 11.8 Å². The summed E-state index contributed by atoms with van der Waals surface area (Å²) in [6, 6.07) is 10.2. The van der Waals surface area contributed by atoms with Crippen LogP contribution in [-0.4, -0.2) is 5.71 Å². The monoisotopic (exact) mass is 256 g/mol. The van der Waals surface area contributed by atoms with E-state index in [9.17, 15) is 0 Å². The van der Waals surface area contributed by atoms with E-state index in [-0.39, 0.29) is 0 Å². The van der Waals surface area contributed by atoms with Crippen molar-refractivity contribution in [2.45, 2.75) is 12.8 Å². The largest absolute Gasteiger partial charge is 0.305 e. The Hall–Kier alpha value is -1.60. The minimum absolute atomic E-state index is 0.567. The van der Waals surface area contributed by atoms with Gasteiger partial charge < -0.3 is 5.41 Å². The Morgan fingerprint density at radius 1 is 1.22 bits per heavy atom. The van der Waals surface area contributed by atoms with Gasteiger partial charge in [0.05, 0.1) is 0 Å². The maximum absolute atomic E-state index is 7.50. The lowest BCUT2D eigenvalue weighted by atomic mass is 10.0. The van der Waals surface area contributed by atoms with Crippen LogP contribution in [0.4, 0.5) is 0 Å². The van der Waals surface area contributed by atoms with Gasteiger partial charge in [-0.25, -0.2) is 0 Å². The topological polar surface area (TPSA) is 23.9 Å². The molecule has 1 aliphatic carbocycles. The Labute approximate surface area is 113 Å². The predicted octanol–water partition coefficient (Wildman–Crippen LogP) is 4.77. The maximum atomic E-state index is 7.50. The van der Waals surface area contributed by atoms with Crippen LogP contribution < -0.4 is 0 Å². The van der Waals surface area contributed by atoms with Crippen molar-refractivity contribution in [1.82, 2.24) is 0 Å². The number of nitrogens with one attached hydrogen (secondary N) is 1. The molecule has 0 atom stereocenters. The molecule has 0 fully saturated rings. The van der Waals surface area contributed by atoms with Gasteiger partial charge >= 0.3 is 0 Å². The van der Waals surface area contributed by atoms with Gasteiger partial charge in [0.1, 0.15) is 0 Å². The van der Waals surface area contributed by atoms with E-state index < -0.39 is 0 Å². The fourth-order valence-corrected chi connectivity index (χ4v) is 2.04. The number of hydrogen-bond acceptors (Lipinski definition) is 1. The molecule has 1 aliphatic rings. The molecule has 0 unspecified atom stereocenters. The van der Waals surface area contributed by atoms with Crippen LogP contribution >= 0.6 is 11.6 Å². The molecular weight excluding hydrogens is 242 g/mol. The summed E-state index contributed by atoms with van der Waals surface area (Å²) in [5, 5.41) is 8.17. The minimum Gasteiger partial charge on any atom is -0.305 e. The van der Waals surface area contributed by atoms with E-state index in [2.05, 4.69) is 30.7 Å². The number of benzene rings is 1. The minimum atomic E-state index is 0.567. The van der Waals surface area contributed by atoms with Crippen molar-refractivity contribution in [3.05, 3.63) is 71.1 Å². The molecule has 2 heteroatoms.